The number of likely N-dealkylation sites (tertiary alicyclic amines) is 1. The number of para-hydroxylation sites is 1. The third-order valence-electron chi connectivity index (χ3n) is 4.85. The van der Waals surface area contributed by atoms with Crippen molar-refractivity contribution in [2.24, 2.45) is 11.7 Å². The number of benzene rings is 2. The van der Waals surface area contributed by atoms with Gasteiger partial charge >= 0.3 is 6.03 Å². The first kappa shape index (κ1) is 19.7. The second-order valence-corrected chi connectivity index (χ2v) is 7.86. The Kier molecular flexibility index (Phi) is 7.12. The number of hydrogen-bond acceptors (Lipinski definition) is 3. The summed E-state index contributed by atoms with van der Waals surface area (Å²) in [5.74, 6) is 0.799. The minimum atomic E-state index is -0.203. The molecular weight excluding hydrogens is 361 g/mol. The van der Waals surface area contributed by atoms with Gasteiger partial charge < -0.3 is 16.0 Å². The first-order valence-corrected chi connectivity index (χ1v) is 10.4. The third kappa shape index (κ3) is 5.47. The number of amides is 2. The predicted octanol–water partition coefficient (Wildman–Crippen LogP) is 4.71. The van der Waals surface area contributed by atoms with Crippen LogP contribution in [0.2, 0.25) is 0 Å². The summed E-state index contributed by atoms with van der Waals surface area (Å²) in [4.78, 5) is 15.5. The van der Waals surface area contributed by atoms with Crippen molar-refractivity contribution in [2.45, 2.75) is 29.9 Å². The van der Waals surface area contributed by atoms with Crippen LogP contribution in [-0.4, -0.2) is 30.6 Å². The van der Waals surface area contributed by atoms with Gasteiger partial charge in [-0.3, -0.25) is 0 Å². The molecule has 2 amide bonds. The normalized spacial score (nSPS) is 17.0. The van der Waals surface area contributed by atoms with Crippen LogP contribution in [0.3, 0.4) is 0 Å². The Bertz CT molecular complexity index is 769. The Morgan fingerprint density at radius 2 is 2.00 bits per heavy atom. The van der Waals surface area contributed by atoms with E-state index in [1.54, 1.807) is 12.1 Å². The lowest BCUT2D eigenvalue weighted by atomic mass is 9.95. The highest BCUT2D eigenvalue weighted by atomic mass is 32.2. The van der Waals surface area contributed by atoms with Crippen LogP contribution in [0.1, 0.15) is 24.8 Å². The van der Waals surface area contributed by atoms with Crippen LogP contribution >= 0.6 is 11.8 Å². The summed E-state index contributed by atoms with van der Waals surface area (Å²) in [7, 11) is 0. The zero-order chi connectivity index (χ0) is 19.1. The Balaban J connectivity index is 1.63. The van der Waals surface area contributed by atoms with E-state index in [0.717, 1.165) is 42.9 Å². The van der Waals surface area contributed by atoms with Crippen molar-refractivity contribution in [3.8, 4) is 0 Å². The molecule has 1 aliphatic heterocycles. The van der Waals surface area contributed by atoms with E-state index in [4.69, 9.17) is 5.73 Å². The minimum absolute atomic E-state index is 0.0735. The molecule has 0 saturated carbocycles. The molecule has 0 bridgehead atoms. The molecule has 1 atom stereocenters. The van der Waals surface area contributed by atoms with Crippen molar-refractivity contribution in [3.63, 3.8) is 0 Å². The molecule has 1 fully saturated rings. The highest BCUT2D eigenvalue weighted by Gasteiger charge is 2.23. The molecule has 1 unspecified atom stereocenters. The summed E-state index contributed by atoms with van der Waals surface area (Å²) in [5, 5.41) is 3.03. The number of carbonyl (C=O) groups is 1. The molecule has 1 aliphatic rings. The highest BCUT2D eigenvalue weighted by molar-refractivity contribution is 7.98. The first-order valence-electron chi connectivity index (χ1n) is 9.38. The van der Waals surface area contributed by atoms with Gasteiger partial charge in [-0.1, -0.05) is 30.3 Å². The number of rotatable bonds is 6. The lowest BCUT2D eigenvalue weighted by Crippen LogP contribution is -2.42. The predicted molar refractivity (Wildman–Crippen MR) is 109 cm³/mol. The summed E-state index contributed by atoms with van der Waals surface area (Å²) in [6, 6.07) is 14.4. The zero-order valence-electron chi connectivity index (χ0n) is 15.4. The Labute approximate surface area is 164 Å². The number of nitrogens with zero attached hydrogens (tertiary/aromatic N) is 1. The standard InChI is InChI=1S/C21H26FN3OS/c22-18-8-2-1-7-17(18)15-27-20-10-4-3-9-19(20)24-21(26)25-13-5-6-16(14-25)11-12-23/h1-4,7-10,16H,5-6,11-15,23H2,(H,24,26). The van der Waals surface area contributed by atoms with Crippen LogP contribution < -0.4 is 11.1 Å². The summed E-state index contributed by atoms with van der Waals surface area (Å²) in [5.41, 5.74) is 7.09. The highest BCUT2D eigenvalue weighted by Crippen LogP contribution is 2.31. The fraction of sp³-hybridized carbons (Fsp3) is 0.381. The molecule has 0 aromatic heterocycles. The second-order valence-electron chi connectivity index (χ2n) is 6.84. The van der Waals surface area contributed by atoms with Gasteiger partial charge in [-0.2, -0.15) is 0 Å². The topological polar surface area (TPSA) is 58.4 Å². The summed E-state index contributed by atoms with van der Waals surface area (Å²) >= 11 is 1.52. The van der Waals surface area contributed by atoms with Crippen molar-refractivity contribution >= 4 is 23.5 Å². The van der Waals surface area contributed by atoms with E-state index >= 15 is 0 Å². The Morgan fingerprint density at radius 1 is 1.22 bits per heavy atom. The molecule has 0 radical (unpaired) electrons. The van der Waals surface area contributed by atoms with Gasteiger partial charge in [0.25, 0.3) is 0 Å². The summed E-state index contributed by atoms with van der Waals surface area (Å²) < 4.78 is 13.8. The smallest absolute Gasteiger partial charge is 0.321 e. The SMILES string of the molecule is NCCC1CCCN(C(=O)Nc2ccccc2SCc2ccccc2F)C1. The van der Waals surface area contributed by atoms with Crippen molar-refractivity contribution in [3.05, 3.63) is 59.9 Å². The molecule has 6 heteroatoms. The van der Waals surface area contributed by atoms with Gasteiger partial charge in [0.1, 0.15) is 5.82 Å². The minimum Gasteiger partial charge on any atom is -0.330 e. The lowest BCUT2D eigenvalue weighted by Gasteiger charge is -2.32. The average Bonchev–Trinajstić information content (AvgIpc) is 2.69. The van der Waals surface area contributed by atoms with Gasteiger partial charge in [0.2, 0.25) is 0 Å². The fourth-order valence-corrected chi connectivity index (χ4v) is 4.38. The van der Waals surface area contributed by atoms with Crippen LogP contribution in [0.5, 0.6) is 0 Å². The number of anilines is 1. The zero-order valence-corrected chi connectivity index (χ0v) is 16.2. The number of piperidine rings is 1. The molecule has 3 rings (SSSR count). The van der Waals surface area contributed by atoms with Gasteiger partial charge in [-0.25, -0.2) is 9.18 Å². The first-order chi connectivity index (χ1) is 13.2. The van der Waals surface area contributed by atoms with Crippen LogP contribution in [-0.2, 0) is 5.75 Å². The van der Waals surface area contributed by atoms with Gasteiger partial charge in [0.15, 0.2) is 0 Å². The van der Waals surface area contributed by atoms with E-state index in [9.17, 15) is 9.18 Å². The number of halogens is 1. The number of urea groups is 1. The number of nitrogens with two attached hydrogens (primary N) is 1. The molecule has 0 spiro atoms. The van der Waals surface area contributed by atoms with Crippen molar-refractivity contribution in [1.82, 2.24) is 4.90 Å². The van der Waals surface area contributed by atoms with E-state index in [2.05, 4.69) is 5.32 Å². The van der Waals surface area contributed by atoms with Crippen LogP contribution in [0.25, 0.3) is 0 Å². The van der Waals surface area contributed by atoms with Crippen LogP contribution in [0.4, 0.5) is 14.9 Å². The second kappa shape index (κ2) is 9.76. The van der Waals surface area contributed by atoms with Crippen LogP contribution in [0, 0.1) is 11.7 Å². The molecule has 2 aromatic carbocycles. The third-order valence-corrected chi connectivity index (χ3v) is 5.97. The maximum atomic E-state index is 13.8. The molecule has 1 heterocycles. The number of carbonyl (C=O) groups excluding carboxylic acids is 1. The quantitative estimate of drug-likeness (QED) is 0.706. The van der Waals surface area contributed by atoms with Crippen molar-refractivity contribution in [1.29, 1.82) is 0 Å². The number of nitrogens with one attached hydrogen (secondary N) is 1. The molecule has 4 nitrogen and oxygen atoms in total. The average molecular weight is 388 g/mol. The van der Waals surface area contributed by atoms with E-state index < -0.39 is 0 Å². The van der Waals surface area contributed by atoms with E-state index in [0.29, 0.717) is 23.8 Å². The summed E-state index contributed by atoms with van der Waals surface area (Å²) in [6.45, 7) is 2.20. The van der Waals surface area contributed by atoms with Crippen molar-refractivity contribution in [2.75, 3.05) is 25.0 Å². The maximum Gasteiger partial charge on any atom is 0.321 e. The Hall–Kier alpha value is -2.05. The van der Waals surface area contributed by atoms with Crippen molar-refractivity contribution < 1.29 is 9.18 Å². The number of thioether (sulfide) groups is 1. The van der Waals surface area contributed by atoms with Gasteiger partial charge in [-0.05, 0) is 55.5 Å². The maximum absolute atomic E-state index is 13.8. The molecule has 1 saturated heterocycles. The van der Waals surface area contributed by atoms with Gasteiger partial charge in [0, 0.05) is 23.7 Å². The van der Waals surface area contributed by atoms with E-state index in [-0.39, 0.29) is 11.8 Å². The van der Waals surface area contributed by atoms with Crippen LogP contribution in [0.15, 0.2) is 53.4 Å². The van der Waals surface area contributed by atoms with Gasteiger partial charge in [-0.15, -0.1) is 11.8 Å². The molecule has 3 N–H and O–H groups in total. The Morgan fingerprint density at radius 3 is 2.81 bits per heavy atom. The van der Waals surface area contributed by atoms with E-state index in [1.807, 2.05) is 35.2 Å². The monoisotopic (exact) mass is 387 g/mol. The molecular formula is C21H26FN3OS. The molecule has 27 heavy (non-hydrogen) atoms. The van der Waals surface area contributed by atoms with E-state index in [1.165, 1.54) is 17.8 Å². The summed E-state index contributed by atoms with van der Waals surface area (Å²) in [6.07, 6.45) is 3.11. The molecule has 144 valence electrons. The fourth-order valence-electron chi connectivity index (χ4n) is 3.38. The molecule has 2 aromatic rings. The molecule has 0 aliphatic carbocycles. The van der Waals surface area contributed by atoms with Gasteiger partial charge in [0.05, 0.1) is 5.69 Å². The number of hydrogen-bond donors (Lipinski definition) is 2. The lowest BCUT2D eigenvalue weighted by molar-refractivity contribution is 0.175. The largest absolute Gasteiger partial charge is 0.330 e.